The van der Waals surface area contributed by atoms with Crippen molar-refractivity contribution in [3.63, 3.8) is 0 Å². The van der Waals surface area contributed by atoms with Gasteiger partial charge in [-0.2, -0.15) is 0 Å². The highest BCUT2D eigenvalue weighted by Gasteiger charge is 1.95. The molecule has 2 heteroatoms. The van der Waals surface area contributed by atoms with Crippen LogP contribution in [0, 0.1) is 0 Å². The van der Waals surface area contributed by atoms with E-state index in [-0.39, 0.29) is 0 Å². The number of benzene rings is 2. The van der Waals surface area contributed by atoms with Gasteiger partial charge in [-0.15, -0.1) is 0 Å². The predicted molar refractivity (Wildman–Crippen MR) is 98.0 cm³/mol. The smallest absolute Gasteiger partial charge is 0.119 e. The van der Waals surface area contributed by atoms with Crippen LogP contribution in [0.5, 0.6) is 11.5 Å². The van der Waals surface area contributed by atoms with E-state index in [4.69, 9.17) is 9.47 Å². The van der Waals surface area contributed by atoms with Crippen LogP contribution in [0.25, 0.3) is 12.2 Å². The van der Waals surface area contributed by atoms with Crippen molar-refractivity contribution in [2.24, 2.45) is 0 Å². The van der Waals surface area contributed by atoms with E-state index in [0.29, 0.717) is 0 Å². The lowest BCUT2D eigenvalue weighted by Gasteiger charge is -2.06. The summed E-state index contributed by atoms with van der Waals surface area (Å²) in [6, 6.07) is 16.3. The van der Waals surface area contributed by atoms with Gasteiger partial charge in [0.1, 0.15) is 11.5 Å². The summed E-state index contributed by atoms with van der Waals surface area (Å²) in [7, 11) is 1.68. The van der Waals surface area contributed by atoms with Crippen LogP contribution < -0.4 is 9.47 Å². The van der Waals surface area contributed by atoms with Gasteiger partial charge in [0.05, 0.1) is 13.7 Å². The van der Waals surface area contributed by atoms with Crippen molar-refractivity contribution in [1.29, 1.82) is 0 Å². The second-order valence-electron chi connectivity index (χ2n) is 5.58. The fourth-order valence-corrected chi connectivity index (χ4v) is 2.30. The Balaban J connectivity index is 1.82. The Bertz CT molecular complexity index is 582. The molecule has 0 saturated heterocycles. The lowest BCUT2D eigenvalue weighted by molar-refractivity contribution is 0.305. The molecule has 2 rings (SSSR count). The van der Waals surface area contributed by atoms with E-state index in [0.717, 1.165) is 30.1 Å². The number of ether oxygens (including phenoxy) is 2. The molecule has 0 aromatic heterocycles. The first-order chi connectivity index (χ1) is 11.3. The average molecular weight is 310 g/mol. The van der Waals surface area contributed by atoms with Gasteiger partial charge in [-0.1, -0.05) is 62.6 Å². The zero-order chi connectivity index (χ0) is 16.3. The normalized spacial score (nSPS) is 10.9. The molecule has 23 heavy (non-hydrogen) atoms. The molecular weight excluding hydrogens is 284 g/mol. The molecule has 0 aliphatic carbocycles. The molecule has 122 valence electrons. The Labute approximate surface area is 139 Å². The first-order valence-electron chi connectivity index (χ1n) is 8.37. The van der Waals surface area contributed by atoms with Gasteiger partial charge in [-0.25, -0.2) is 0 Å². The van der Waals surface area contributed by atoms with Gasteiger partial charge in [0, 0.05) is 0 Å². The Kier molecular flexibility index (Phi) is 7.25. The van der Waals surface area contributed by atoms with Gasteiger partial charge >= 0.3 is 0 Å². The molecule has 0 saturated carbocycles. The van der Waals surface area contributed by atoms with Crippen LogP contribution in [0.1, 0.15) is 43.7 Å². The van der Waals surface area contributed by atoms with E-state index in [2.05, 4.69) is 31.2 Å². The number of hydrogen-bond donors (Lipinski definition) is 0. The molecule has 2 nitrogen and oxygen atoms in total. The van der Waals surface area contributed by atoms with E-state index in [1.54, 1.807) is 7.11 Å². The highest BCUT2D eigenvalue weighted by Crippen LogP contribution is 2.17. The molecule has 0 aliphatic heterocycles. The second kappa shape index (κ2) is 9.73. The van der Waals surface area contributed by atoms with Crippen LogP contribution in [-0.2, 0) is 0 Å². The Morgan fingerprint density at radius 1 is 0.739 bits per heavy atom. The van der Waals surface area contributed by atoms with Crippen molar-refractivity contribution >= 4 is 12.2 Å². The van der Waals surface area contributed by atoms with E-state index in [1.807, 2.05) is 36.4 Å². The molecule has 2 aromatic rings. The molecule has 0 aliphatic rings. The van der Waals surface area contributed by atoms with Crippen molar-refractivity contribution in [2.75, 3.05) is 13.7 Å². The Morgan fingerprint density at radius 3 is 1.83 bits per heavy atom. The molecule has 0 spiro atoms. The minimum atomic E-state index is 0.807. The van der Waals surface area contributed by atoms with Crippen molar-refractivity contribution in [1.82, 2.24) is 0 Å². The SMILES string of the molecule is CCCCCCOc1ccc(C=Cc2ccc(OC)cc2)cc1. The minimum Gasteiger partial charge on any atom is -0.497 e. The highest BCUT2D eigenvalue weighted by molar-refractivity contribution is 5.70. The van der Waals surface area contributed by atoms with E-state index in [1.165, 1.54) is 24.8 Å². The average Bonchev–Trinajstić information content (AvgIpc) is 2.61. The van der Waals surface area contributed by atoms with E-state index < -0.39 is 0 Å². The lowest BCUT2D eigenvalue weighted by Crippen LogP contribution is -1.96. The van der Waals surface area contributed by atoms with Crippen LogP contribution in [0.2, 0.25) is 0 Å². The van der Waals surface area contributed by atoms with Gasteiger partial charge in [-0.05, 0) is 41.8 Å². The Morgan fingerprint density at radius 2 is 1.30 bits per heavy atom. The van der Waals surface area contributed by atoms with E-state index in [9.17, 15) is 0 Å². The number of methoxy groups -OCH3 is 1. The molecule has 0 unspecified atom stereocenters. The molecule has 2 aromatic carbocycles. The van der Waals surface area contributed by atoms with Crippen LogP contribution in [0.4, 0.5) is 0 Å². The Hall–Kier alpha value is -2.22. The molecule has 0 atom stereocenters. The third kappa shape index (κ3) is 6.19. The molecule has 0 heterocycles. The third-order valence-electron chi connectivity index (χ3n) is 3.73. The lowest BCUT2D eigenvalue weighted by atomic mass is 10.1. The monoisotopic (exact) mass is 310 g/mol. The van der Waals surface area contributed by atoms with E-state index >= 15 is 0 Å². The highest BCUT2D eigenvalue weighted by atomic mass is 16.5. The summed E-state index contributed by atoms with van der Waals surface area (Å²) in [5.41, 5.74) is 2.32. The summed E-state index contributed by atoms with van der Waals surface area (Å²) in [4.78, 5) is 0. The second-order valence-corrected chi connectivity index (χ2v) is 5.58. The molecular formula is C21H26O2. The fraction of sp³-hybridized carbons (Fsp3) is 0.333. The maximum Gasteiger partial charge on any atom is 0.119 e. The zero-order valence-corrected chi connectivity index (χ0v) is 14.1. The maximum atomic E-state index is 5.76. The maximum absolute atomic E-state index is 5.76. The summed E-state index contributed by atoms with van der Waals surface area (Å²) in [6.07, 6.45) is 9.13. The first kappa shape index (κ1) is 17.1. The summed E-state index contributed by atoms with van der Waals surface area (Å²) < 4.78 is 10.9. The van der Waals surface area contributed by atoms with Crippen molar-refractivity contribution in [2.45, 2.75) is 32.6 Å². The van der Waals surface area contributed by atoms with Crippen molar-refractivity contribution < 1.29 is 9.47 Å². The summed E-state index contributed by atoms with van der Waals surface area (Å²) in [5.74, 6) is 1.82. The molecule has 0 N–H and O–H groups in total. The summed E-state index contributed by atoms with van der Waals surface area (Å²) in [5, 5.41) is 0. The molecule has 0 fully saturated rings. The molecule has 0 radical (unpaired) electrons. The number of rotatable bonds is 9. The van der Waals surface area contributed by atoms with Crippen LogP contribution in [-0.4, -0.2) is 13.7 Å². The van der Waals surface area contributed by atoms with Crippen molar-refractivity contribution in [3.8, 4) is 11.5 Å². The van der Waals surface area contributed by atoms with Gasteiger partial charge < -0.3 is 9.47 Å². The van der Waals surface area contributed by atoms with Crippen LogP contribution >= 0.6 is 0 Å². The minimum absolute atomic E-state index is 0.807. The van der Waals surface area contributed by atoms with Crippen LogP contribution in [0.15, 0.2) is 48.5 Å². The summed E-state index contributed by atoms with van der Waals surface area (Å²) >= 11 is 0. The van der Waals surface area contributed by atoms with Crippen LogP contribution in [0.3, 0.4) is 0 Å². The third-order valence-corrected chi connectivity index (χ3v) is 3.73. The fourth-order valence-electron chi connectivity index (χ4n) is 2.30. The topological polar surface area (TPSA) is 18.5 Å². The van der Waals surface area contributed by atoms with Gasteiger partial charge in [0.2, 0.25) is 0 Å². The van der Waals surface area contributed by atoms with Gasteiger partial charge in [0.15, 0.2) is 0 Å². The van der Waals surface area contributed by atoms with Crippen molar-refractivity contribution in [3.05, 3.63) is 59.7 Å². The zero-order valence-electron chi connectivity index (χ0n) is 14.1. The quantitative estimate of drug-likeness (QED) is 0.429. The standard InChI is InChI=1S/C21H26O2/c1-3-4-5-6-17-23-21-15-11-19(12-16-21)8-7-18-9-13-20(22-2)14-10-18/h7-16H,3-6,17H2,1-2H3. The number of unbranched alkanes of at least 4 members (excludes halogenated alkanes) is 3. The molecule has 0 amide bonds. The molecule has 0 bridgehead atoms. The van der Waals surface area contributed by atoms with Gasteiger partial charge in [0.25, 0.3) is 0 Å². The predicted octanol–water partition coefficient (Wildman–Crippen LogP) is 5.82. The number of hydrogen-bond acceptors (Lipinski definition) is 2. The largest absolute Gasteiger partial charge is 0.497 e. The summed E-state index contributed by atoms with van der Waals surface area (Å²) in [6.45, 7) is 3.03. The first-order valence-corrected chi connectivity index (χ1v) is 8.37. The van der Waals surface area contributed by atoms with Gasteiger partial charge in [-0.3, -0.25) is 0 Å².